The van der Waals surface area contributed by atoms with Crippen molar-refractivity contribution in [3.63, 3.8) is 0 Å². The van der Waals surface area contributed by atoms with Gasteiger partial charge in [0.05, 0.1) is 6.54 Å². The number of aromatic nitrogens is 2. The van der Waals surface area contributed by atoms with E-state index in [9.17, 15) is 14.4 Å². The Balaban J connectivity index is 1.62. The van der Waals surface area contributed by atoms with Crippen molar-refractivity contribution in [3.8, 4) is 0 Å². The Bertz CT molecular complexity index is 1010. The summed E-state index contributed by atoms with van der Waals surface area (Å²) in [6, 6.07) is 9.57. The molecule has 9 nitrogen and oxygen atoms in total. The normalized spacial score (nSPS) is 13.6. The number of likely N-dealkylation sites (N-methyl/N-ethyl adjacent to an activating group) is 2. The zero-order valence-electron chi connectivity index (χ0n) is 20.7. The van der Waals surface area contributed by atoms with E-state index in [0.29, 0.717) is 31.9 Å². The number of rotatable bonds is 10. The lowest BCUT2D eigenvalue weighted by Crippen LogP contribution is -2.41. The zero-order chi connectivity index (χ0) is 24.7. The number of aryl methyl sites for hydroxylation is 2. The van der Waals surface area contributed by atoms with Gasteiger partial charge < -0.3 is 20.0 Å². The van der Waals surface area contributed by atoms with Crippen molar-refractivity contribution in [2.45, 2.75) is 40.3 Å². The molecule has 0 aliphatic carbocycles. The van der Waals surface area contributed by atoms with Crippen LogP contribution in [-0.2, 0) is 17.9 Å². The summed E-state index contributed by atoms with van der Waals surface area (Å²) in [7, 11) is 1.57. The molecule has 0 unspecified atom stereocenters. The predicted octanol–water partition coefficient (Wildman–Crippen LogP) is 1.77. The molecule has 9 heteroatoms. The number of fused-ring (bicyclic) bond motifs is 1. The fourth-order valence-electron chi connectivity index (χ4n) is 4.11. The van der Waals surface area contributed by atoms with Gasteiger partial charge in [-0.25, -0.2) is 0 Å². The summed E-state index contributed by atoms with van der Waals surface area (Å²) in [6.45, 7) is 11.0. The first kappa shape index (κ1) is 25.4. The van der Waals surface area contributed by atoms with E-state index >= 15 is 0 Å². The Labute approximate surface area is 201 Å². The third kappa shape index (κ3) is 6.22. The third-order valence-electron chi connectivity index (χ3n) is 6.30. The van der Waals surface area contributed by atoms with Crippen molar-refractivity contribution in [3.05, 3.63) is 52.8 Å². The molecule has 3 rings (SSSR count). The fourth-order valence-corrected chi connectivity index (χ4v) is 4.11. The minimum Gasteiger partial charge on any atom is -0.353 e. The number of carbonyl (C=O) groups excluding carboxylic acids is 3. The molecule has 1 aromatic heterocycles. The molecule has 0 atom stereocenters. The highest BCUT2D eigenvalue weighted by Crippen LogP contribution is 2.18. The van der Waals surface area contributed by atoms with E-state index in [1.807, 2.05) is 36.1 Å². The molecule has 184 valence electrons. The topological polar surface area (TPSA) is 90.8 Å². The Hall–Kier alpha value is -3.20. The van der Waals surface area contributed by atoms with Gasteiger partial charge in [-0.1, -0.05) is 38.1 Å². The quantitative estimate of drug-likeness (QED) is 0.574. The highest BCUT2D eigenvalue weighted by atomic mass is 16.2. The number of nitrogens with one attached hydrogen (secondary N) is 1. The molecule has 0 radical (unpaired) electrons. The van der Waals surface area contributed by atoms with Gasteiger partial charge in [-0.3, -0.25) is 19.1 Å². The van der Waals surface area contributed by atoms with Gasteiger partial charge in [0.2, 0.25) is 5.91 Å². The van der Waals surface area contributed by atoms with E-state index in [0.717, 1.165) is 37.2 Å². The molecule has 1 N–H and O–H groups in total. The van der Waals surface area contributed by atoms with Gasteiger partial charge in [-0.2, -0.15) is 5.10 Å². The summed E-state index contributed by atoms with van der Waals surface area (Å²) in [5, 5.41) is 7.25. The van der Waals surface area contributed by atoms with E-state index in [4.69, 9.17) is 0 Å². The molecule has 1 aliphatic heterocycles. The van der Waals surface area contributed by atoms with Crippen LogP contribution in [0.1, 0.15) is 52.4 Å². The molecular formula is C25H36N6O3. The minimum atomic E-state index is -0.377. The molecule has 2 heterocycles. The van der Waals surface area contributed by atoms with Crippen LogP contribution < -0.4 is 5.32 Å². The Morgan fingerprint density at radius 2 is 1.88 bits per heavy atom. The molecule has 0 bridgehead atoms. The summed E-state index contributed by atoms with van der Waals surface area (Å²) in [5.41, 5.74) is 2.83. The van der Waals surface area contributed by atoms with E-state index in [-0.39, 0.29) is 30.0 Å². The van der Waals surface area contributed by atoms with Crippen molar-refractivity contribution in [1.29, 1.82) is 0 Å². The maximum atomic E-state index is 13.2. The van der Waals surface area contributed by atoms with Crippen LogP contribution in [0.3, 0.4) is 0 Å². The molecule has 0 saturated carbocycles. The molecule has 34 heavy (non-hydrogen) atoms. The van der Waals surface area contributed by atoms with Gasteiger partial charge in [0.15, 0.2) is 5.69 Å². The van der Waals surface area contributed by atoms with Gasteiger partial charge in [0.25, 0.3) is 11.8 Å². The Kier molecular flexibility index (Phi) is 8.81. The molecule has 2 aromatic rings. The summed E-state index contributed by atoms with van der Waals surface area (Å²) >= 11 is 0. The monoisotopic (exact) mass is 468 g/mol. The first-order chi connectivity index (χ1) is 16.3. The van der Waals surface area contributed by atoms with Crippen molar-refractivity contribution in [2.24, 2.45) is 0 Å². The number of hydrogen-bond donors (Lipinski definition) is 1. The smallest absolute Gasteiger partial charge is 0.274 e. The van der Waals surface area contributed by atoms with Gasteiger partial charge in [-0.05, 0) is 37.6 Å². The number of amides is 3. The van der Waals surface area contributed by atoms with Crippen LogP contribution in [0.25, 0.3) is 0 Å². The lowest BCUT2D eigenvalue weighted by Gasteiger charge is -2.21. The summed E-state index contributed by atoms with van der Waals surface area (Å²) in [4.78, 5) is 43.8. The molecule has 0 saturated heterocycles. The van der Waals surface area contributed by atoms with E-state index < -0.39 is 0 Å². The molecule has 0 fully saturated rings. The van der Waals surface area contributed by atoms with Gasteiger partial charge in [0.1, 0.15) is 5.69 Å². The molecule has 0 spiro atoms. The lowest BCUT2D eigenvalue weighted by atomic mass is 10.1. The number of hydrogen-bond acceptors (Lipinski definition) is 5. The van der Waals surface area contributed by atoms with Crippen molar-refractivity contribution >= 4 is 17.7 Å². The number of carbonyl (C=O) groups is 3. The number of benzene rings is 1. The Morgan fingerprint density at radius 1 is 1.15 bits per heavy atom. The van der Waals surface area contributed by atoms with Crippen LogP contribution >= 0.6 is 0 Å². The molecule has 1 aromatic carbocycles. The minimum absolute atomic E-state index is 0.0629. The van der Waals surface area contributed by atoms with E-state index in [1.54, 1.807) is 17.8 Å². The van der Waals surface area contributed by atoms with Crippen LogP contribution in [0, 0.1) is 6.92 Å². The second kappa shape index (κ2) is 11.8. The third-order valence-corrected chi connectivity index (χ3v) is 6.30. The van der Waals surface area contributed by atoms with Crippen LogP contribution in [-0.4, -0.2) is 88.5 Å². The predicted molar refractivity (Wildman–Crippen MR) is 131 cm³/mol. The highest BCUT2D eigenvalue weighted by Gasteiger charge is 2.28. The second-order valence-corrected chi connectivity index (χ2v) is 8.68. The molecule has 1 aliphatic rings. The standard InChI is InChI=1S/C25H36N6O3/c1-5-29(6-2)15-12-26-23(32)18-28(4)24(33)21-16-22-25(34)30(13-9-14-31(22)27-21)17-20-11-8-7-10-19(20)3/h7-8,10-11,16H,5-6,9,12-15,17-18H2,1-4H3,(H,26,32). The van der Waals surface area contributed by atoms with E-state index in [2.05, 4.69) is 29.2 Å². The molecule has 3 amide bonds. The van der Waals surface area contributed by atoms with Crippen LogP contribution in [0.4, 0.5) is 0 Å². The van der Waals surface area contributed by atoms with Gasteiger partial charge >= 0.3 is 0 Å². The SMILES string of the molecule is CCN(CC)CCNC(=O)CN(C)C(=O)c1cc2n(n1)CCCN(Cc1ccccc1C)C2=O. The van der Waals surface area contributed by atoms with Gasteiger partial charge in [0, 0.05) is 45.8 Å². The lowest BCUT2D eigenvalue weighted by molar-refractivity contribution is -0.121. The average molecular weight is 469 g/mol. The maximum Gasteiger partial charge on any atom is 0.274 e. The van der Waals surface area contributed by atoms with Gasteiger partial charge in [-0.15, -0.1) is 0 Å². The largest absolute Gasteiger partial charge is 0.353 e. The summed E-state index contributed by atoms with van der Waals surface area (Å²) < 4.78 is 1.62. The molecular weight excluding hydrogens is 432 g/mol. The highest BCUT2D eigenvalue weighted by molar-refractivity contribution is 5.99. The maximum absolute atomic E-state index is 13.2. The fraction of sp³-hybridized carbons (Fsp3) is 0.520. The average Bonchev–Trinajstić information content (AvgIpc) is 3.19. The van der Waals surface area contributed by atoms with Crippen LogP contribution in [0.5, 0.6) is 0 Å². The van der Waals surface area contributed by atoms with Crippen molar-refractivity contribution < 1.29 is 14.4 Å². The second-order valence-electron chi connectivity index (χ2n) is 8.68. The Morgan fingerprint density at radius 3 is 2.59 bits per heavy atom. The van der Waals surface area contributed by atoms with E-state index in [1.165, 1.54) is 4.90 Å². The van der Waals surface area contributed by atoms with Crippen molar-refractivity contribution in [1.82, 2.24) is 29.8 Å². The zero-order valence-corrected chi connectivity index (χ0v) is 20.7. The van der Waals surface area contributed by atoms with Crippen LogP contribution in [0.15, 0.2) is 30.3 Å². The summed E-state index contributed by atoms with van der Waals surface area (Å²) in [6.07, 6.45) is 0.755. The summed E-state index contributed by atoms with van der Waals surface area (Å²) in [5.74, 6) is -0.730. The van der Waals surface area contributed by atoms with Crippen molar-refractivity contribution in [2.75, 3.05) is 46.3 Å². The first-order valence-corrected chi connectivity index (χ1v) is 12.0. The number of nitrogens with zero attached hydrogens (tertiary/aromatic N) is 5. The first-order valence-electron chi connectivity index (χ1n) is 12.0. The van der Waals surface area contributed by atoms with Crippen LogP contribution in [0.2, 0.25) is 0 Å².